The van der Waals surface area contributed by atoms with Crippen molar-refractivity contribution in [3.05, 3.63) is 36.2 Å². The van der Waals surface area contributed by atoms with Gasteiger partial charge in [-0.3, -0.25) is 0 Å². The van der Waals surface area contributed by atoms with Crippen molar-refractivity contribution in [2.75, 3.05) is 17.6 Å². The lowest BCUT2D eigenvalue weighted by atomic mass is 10.4. The van der Waals surface area contributed by atoms with Crippen LogP contribution >= 0.6 is 23.3 Å². The van der Waals surface area contributed by atoms with E-state index in [0.717, 1.165) is 23.3 Å². The number of thioether (sulfide) groups is 1. The molecular formula is C11H13N3S2. The molecule has 1 aromatic heterocycles. The summed E-state index contributed by atoms with van der Waals surface area (Å²) < 4.78 is 4.11. The fourth-order valence-electron chi connectivity index (χ4n) is 1.21. The fourth-order valence-corrected chi connectivity index (χ4v) is 2.60. The van der Waals surface area contributed by atoms with E-state index in [1.807, 2.05) is 24.8 Å². The molecule has 0 spiro atoms. The molecule has 84 valence electrons. The van der Waals surface area contributed by atoms with Gasteiger partial charge in [0.1, 0.15) is 5.82 Å². The lowest BCUT2D eigenvalue weighted by Crippen LogP contribution is -2.03. The minimum absolute atomic E-state index is 0.836. The molecule has 0 bridgehead atoms. The van der Waals surface area contributed by atoms with Crippen molar-refractivity contribution < 1.29 is 0 Å². The highest BCUT2D eigenvalue weighted by Gasteiger charge is 1.98. The van der Waals surface area contributed by atoms with Gasteiger partial charge in [-0.2, -0.15) is 4.37 Å². The van der Waals surface area contributed by atoms with E-state index in [0.29, 0.717) is 0 Å². The molecule has 0 aliphatic heterocycles. The Labute approximate surface area is 103 Å². The highest BCUT2D eigenvalue weighted by Crippen LogP contribution is 2.17. The average Bonchev–Trinajstić information content (AvgIpc) is 2.72. The zero-order chi connectivity index (χ0) is 11.2. The van der Waals surface area contributed by atoms with Gasteiger partial charge in [0.05, 0.1) is 0 Å². The Morgan fingerprint density at radius 1 is 1.31 bits per heavy atom. The van der Waals surface area contributed by atoms with Crippen LogP contribution in [0.4, 0.5) is 5.13 Å². The van der Waals surface area contributed by atoms with E-state index in [2.05, 4.69) is 38.9 Å². The van der Waals surface area contributed by atoms with Gasteiger partial charge >= 0.3 is 0 Å². The average molecular weight is 251 g/mol. The molecule has 3 nitrogen and oxygen atoms in total. The lowest BCUT2D eigenvalue weighted by Gasteiger charge is -2.02. The van der Waals surface area contributed by atoms with E-state index in [4.69, 9.17) is 0 Å². The van der Waals surface area contributed by atoms with E-state index >= 15 is 0 Å². The van der Waals surface area contributed by atoms with Crippen molar-refractivity contribution in [1.29, 1.82) is 0 Å². The van der Waals surface area contributed by atoms with Gasteiger partial charge in [-0.1, -0.05) is 18.2 Å². The number of rotatable bonds is 5. The highest BCUT2D eigenvalue weighted by molar-refractivity contribution is 7.99. The molecule has 0 aliphatic carbocycles. The monoisotopic (exact) mass is 251 g/mol. The van der Waals surface area contributed by atoms with Crippen LogP contribution in [0.2, 0.25) is 0 Å². The first kappa shape index (κ1) is 11.4. The molecule has 16 heavy (non-hydrogen) atoms. The van der Waals surface area contributed by atoms with Gasteiger partial charge in [0.2, 0.25) is 5.13 Å². The molecule has 0 radical (unpaired) electrons. The number of nitrogens with one attached hydrogen (secondary N) is 1. The zero-order valence-electron chi connectivity index (χ0n) is 9.01. The number of hydrogen-bond acceptors (Lipinski definition) is 5. The minimum atomic E-state index is 0.836. The molecule has 2 aromatic rings. The summed E-state index contributed by atoms with van der Waals surface area (Å²) in [5.41, 5.74) is 0. The van der Waals surface area contributed by atoms with Gasteiger partial charge in [0.25, 0.3) is 0 Å². The second-order valence-electron chi connectivity index (χ2n) is 3.24. The Morgan fingerprint density at radius 2 is 2.12 bits per heavy atom. The van der Waals surface area contributed by atoms with Crippen LogP contribution in [0.15, 0.2) is 35.2 Å². The van der Waals surface area contributed by atoms with Crippen LogP contribution < -0.4 is 5.32 Å². The van der Waals surface area contributed by atoms with Gasteiger partial charge in [0, 0.05) is 28.7 Å². The van der Waals surface area contributed by atoms with E-state index in [-0.39, 0.29) is 0 Å². The summed E-state index contributed by atoms with van der Waals surface area (Å²) in [4.78, 5) is 5.55. The molecule has 2 rings (SSSR count). The van der Waals surface area contributed by atoms with Crippen LogP contribution in [0.3, 0.4) is 0 Å². The Bertz CT molecular complexity index is 428. The summed E-state index contributed by atoms with van der Waals surface area (Å²) in [7, 11) is 0. The summed E-state index contributed by atoms with van der Waals surface area (Å²) in [5, 5.41) is 4.17. The largest absolute Gasteiger partial charge is 0.359 e. The molecule has 0 atom stereocenters. The molecule has 1 aromatic carbocycles. The summed E-state index contributed by atoms with van der Waals surface area (Å²) in [6, 6.07) is 10.4. The summed E-state index contributed by atoms with van der Waals surface area (Å²) in [6.07, 6.45) is 0. The molecule has 0 unspecified atom stereocenters. The van der Waals surface area contributed by atoms with Crippen LogP contribution in [-0.2, 0) is 0 Å². The maximum atomic E-state index is 4.24. The Kier molecular flexibility index (Phi) is 4.18. The summed E-state index contributed by atoms with van der Waals surface area (Å²) in [6.45, 7) is 2.81. The molecule has 1 heterocycles. The summed E-state index contributed by atoms with van der Waals surface area (Å²) in [5.74, 6) is 1.87. The molecule has 1 N–H and O–H groups in total. The van der Waals surface area contributed by atoms with Crippen molar-refractivity contribution in [3.63, 3.8) is 0 Å². The van der Waals surface area contributed by atoms with Gasteiger partial charge in [0.15, 0.2) is 0 Å². The molecule has 0 fully saturated rings. The predicted molar refractivity (Wildman–Crippen MR) is 70.3 cm³/mol. The van der Waals surface area contributed by atoms with Gasteiger partial charge in [-0.05, 0) is 19.1 Å². The van der Waals surface area contributed by atoms with Crippen LogP contribution in [0, 0.1) is 6.92 Å². The molecule has 0 aliphatic rings. The number of aromatic nitrogens is 2. The quantitative estimate of drug-likeness (QED) is 0.654. The van der Waals surface area contributed by atoms with Gasteiger partial charge < -0.3 is 5.32 Å². The lowest BCUT2D eigenvalue weighted by molar-refractivity contribution is 1.13. The maximum Gasteiger partial charge on any atom is 0.202 e. The first-order chi connectivity index (χ1) is 7.84. The van der Waals surface area contributed by atoms with Crippen LogP contribution in [0.5, 0.6) is 0 Å². The van der Waals surface area contributed by atoms with E-state index in [1.54, 1.807) is 0 Å². The zero-order valence-corrected chi connectivity index (χ0v) is 10.6. The number of anilines is 1. The maximum absolute atomic E-state index is 4.24. The summed E-state index contributed by atoms with van der Waals surface area (Å²) >= 11 is 3.25. The SMILES string of the molecule is Cc1nsc(NCCSc2ccccc2)n1. The van der Waals surface area contributed by atoms with Crippen molar-refractivity contribution in [2.24, 2.45) is 0 Å². The number of hydrogen-bond donors (Lipinski definition) is 1. The van der Waals surface area contributed by atoms with Crippen LogP contribution in [0.25, 0.3) is 0 Å². The third-order valence-corrected chi connectivity index (χ3v) is 3.70. The van der Waals surface area contributed by atoms with Crippen molar-refractivity contribution in [2.45, 2.75) is 11.8 Å². The van der Waals surface area contributed by atoms with E-state index in [1.165, 1.54) is 16.4 Å². The third kappa shape index (κ3) is 3.50. The topological polar surface area (TPSA) is 37.8 Å². The Hall–Kier alpha value is -1.07. The third-order valence-electron chi connectivity index (χ3n) is 1.92. The Morgan fingerprint density at radius 3 is 2.81 bits per heavy atom. The van der Waals surface area contributed by atoms with E-state index in [9.17, 15) is 0 Å². The number of benzene rings is 1. The number of aryl methyl sites for hydroxylation is 1. The second kappa shape index (κ2) is 5.86. The van der Waals surface area contributed by atoms with Gasteiger partial charge in [-0.25, -0.2) is 4.98 Å². The predicted octanol–water partition coefficient (Wildman–Crippen LogP) is 3.05. The van der Waals surface area contributed by atoms with Crippen molar-refractivity contribution >= 4 is 28.4 Å². The second-order valence-corrected chi connectivity index (χ2v) is 5.16. The standard InChI is InChI=1S/C11H13N3S2/c1-9-13-11(16-14-9)12-7-8-15-10-5-3-2-4-6-10/h2-6H,7-8H2,1H3,(H,12,13,14). The minimum Gasteiger partial charge on any atom is -0.359 e. The molecular weight excluding hydrogens is 238 g/mol. The smallest absolute Gasteiger partial charge is 0.202 e. The van der Waals surface area contributed by atoms with Gasteiger partial charge in [-0.15, -0.1) is 11.8 Å². The van der Waals surface area contributed by atoms with Crippen LogP contribution in [-0.4, -0.2) is 21.7 Å². The number of nitrogens with zero attached hydrogens (tertiary/aromatic N) is 2. The highest BCUT2D eigenvalue weighted by atomic mass is 32.2. The van der Waals surface area contributed by atoms with Crippen molar-refractivity contribution in [3.8, 4) is 0 Å². The van der Waals surface area contributed by atoms with Crippen molar-refractivity contribution in [1.82, 2.24) is 9.36 Å². The fraction of sp³-hybridized carbons (Fsp3) is 0.273. The molecule has 0 amide bonds. The van der Waals surface area contributed by atoms with E-state index < -0.39 is 0 Å². The first-order valence-corrected chi connectivity index (χ1v) is 6.82. The molecule has 0 saturated carbocycles. The molecule has 0 saturated heterocycles. The normalized spacial score (nSPS) is 10.3. The Balaban J connectivity index is 1.69. The molecule has 5 heteroatoms. The van der Waals surface area contributed by atoms with Crippen LogP contribution in [0.1, 0.15) is 5.82 Å². The first-order valence-electron chi connectivity index (χ1n) is 5.06.